The van der Waals surface area contributed by atoms with Crippen LogP contribution in [0.25, 0.3) is 0 Å². The lowest BCUT2D eigenvalue weighted by Crippen LogP contribution is -2.42. The molecule has 0 fully saturated rings. The first kappa shape index (κ1) is 25.7. The number of ether oxygens (including phenoxy) is 2. The summed E-state index contributed by atoms with van der Waals surface area (Å²) in [7, 11) is 2.75. The van der Waals surface area contributed by atoms with E-state index in [1.807, 2.05) is 44.2 Å². The lowest BCUT2D eigenvalue weighted by Gasteiger charge is -2.25. The zero-order valence-corrected chi connectivity index (χ0v) is 18.3. The van der Waals surface area contributed by atoms with Crippen LogP contribution in [0.1, 0.15) is 32.8 Å². The number of hydrogen-bond acceptors (Lipinski definition) is 8. The second-order valence-corrected chi connectivity index (χ2v) is 7.53. The Labute approximate surface area is 177 Å². The lowest BCUT2D eigenvalue weighted by molar-refractivity contribution is -0.147. The molecule has 168 valence electrons. The molecule has 30 heavy (non-hydrogen) atoms. The SMILES string of the molecule is COC(=O)[C@@H](CC(=O)CO/N=C(/[C@@H](OC)C(C)C)[C@@H](O)[C@@H](C)O)Cc1ccccc1. The number of oxime groups is 1. The number of benzene rings is 1. The van der Waals surface area contributed by atoms with Crippen LogP contribution in [0, 0.1) is 11.8 Å². The van der Waals surface area contributed by atoms with Gasteiger partial charge in [-0.05, 0) is 24.8 Å². The molecule has 0 saturated carbocycles. The van der Waals surface area contributed by atoms with Crippen LogP contribution in [0.4, 0.5) is 0 Å². The van der Waals surface area contributed by atoms with Gasteiger partial charge in [0.25, 0.3) is 0 Å². The summed E-state index contributed by atoms with van der Waals surface area (Å²) in [6.07, 6.45) is -2.68. The highest BCUT2D eigenvalue weighted by molar-refractivity contribution is 5.93. The Morgan fingerprint density at radius 1 is 1.07 bits per heavy atom. The number of hydrogen-bond donors (Lipinski definition) is 2. The largest absolute Gasteiger partial charge is 0.469 e. The van der Waals surface area contributed by atoms with Gasteiger partial charge < -0.3 is 24.5 Å². The first-order chi connectivity index (χ1) is 14.2. The van der Waals surface area contributed by atoms with E-state index in [4.69, 9.17) is 14.3 Å². The van der Waals surface area contributed by atoms with Crippen LogP contribution in [0.3, 0.4) is 0 Å². The second kappa shape index (κ2) is 13.1. The zero-order chi connectivity index (χ0) is 22.7. The van der Waals surface area contributed by atoms with Crippen LogP contribution in [-0.2, 0) is 30.3 Å². The third-order valence-corrected chi connectivity index (χ3v) is 4.64. The summed E-state index contributed by atoms with van der Waals surface area (Å²) in [6, 6.07) is 9.35. The molecule has 0 saturated heterocycles. The van der Waals surface area contributed by atoms with E-state index >= 15 is 0 Å². The van der Waals surface area contributed by atoms with E-state index in [9.17, 15) is 19.8 Å². The summed E-state index contributed by atoms with van der Waals surface area (Å²) in [5.74, 6) is -1.49. The minimum absolute atomic E-state index is 0.0453. The van der Waals surface area contributed by atoms with E-state index < -0.39 is 30.2 Å². The predicted octanol–water partition coefficient (Wildman–Crippen LogP) is 1.76. The Morgan fingerprint density at radius 3 is 2.20 bits per heavy atom. The molecule has 4 atom stereocenters. The van der Waals surface area contributed by atoms with Gasteiger partial charge in [0.2, 0.25) is 0 Å². The van der Waals surface area contributed by atoms with E-state index in [1.54, 1.807) is 0 Å². The van der Waals surface area contributed by atoms with Crippen LogP contribution in [0.2, 0.25) is 0 Å². The summed E-state index contributed by atoms with van der Waals surface area (Å²) < 4.78 is 10.2. The van der Waals surface area contributed by atoms with Gasteiger partial charge in [0.05, 0.1) is 19.1 Å². The van der Waals surface area contributed by atoms with Crippen molar-refractivity contribution in [2.24, 2.45) is 17.0 Å². The van der Waals surface area contributed by atoms with Crippen molar-refractivity contribution < 1.29 is 34.1 Å². The van der Waals surface area contributed by atoms with Crippen molar-refractivity contribution in [2.75, 3.05) is 20.8 Å². The molecule has 0 heterocycles. The molecule has 8 heteroatoms. The first-order valence-electron chi connectivity index (χ1n) is 9.93. The minimum atomic E-state index is -1.30. The van der Waals surface area contributed by atoms with E-state index in [1.165, 1.54) is 21.1 Å². The van der Waals surface area contributed by atoms with Crippen molar-refractivity contribution in [1.29, 1.82) is 0 Å². The van der Waals surface area contributed by atoms with Crippen LogP contribution in [0.5, 0.6) is 0 Å². The monoisotopic (exact) mass is 423 g/mol. The van der Waals surface area contributed by atoms with E-state index in [2.05, 4.69) is 5.16 Å². The Hall–Kier alpha value is -2.29. The van der Waals surface area contributed by atoms with Crippen molar-refractivity contribution in [1.82, 2.24) is 0 Å². The van der Waals surface area contributed by atoms with Gasteiger partial charge in [0.1, 0.15) is 17.9 Å². The first-order valence-corrected chi connectivity index (χ1v) is 9.93. The fourth-order valence-electron chi connectivity index (χ4n) is 3.07. The van der Waals surface area contributed by atoms with Crippen molar-refractivity contribution in [2.45, 2.75) is 51.9 Å². The van der Waals surface area contributed by atoms with Gasteiger partial charge in [0.15, 0.2) is 12.4 Å². The van der Waals surface area contributed by atoms with Gasteiger partial charge in [-0.25, -0.2) is 0 Å². The highest BCUT2D eigenvalue weighted by Crippen LogP contribution is 2.16. The molecule has 0 aliphatic rings. The Bertz CT molecular complexity index is 688. The molecular formula is C22H33NO7. The number of esters is 1. The number of aliphatic hydroxyl groups excluding tert-OH is 2. The molecule has 0 spiro atoms. The van der Waals surface area contributed by atoms with Gasteiger partial charge in [-0.15, -0.1) is 0 Å². The molecule has 8 nitrogen and oxygen atoms in total. The van der Waals surface area contributed by atoms with Gasteiger partial charge in [-0.1, -0.05) is 49.3 Å². The number of nitrogens with zero attached hydrogens (tertiary/aromatic N) is 1. The van der Waals surface area contributed by atoms with Crippen LogP contribution >= 0.6 is 0 Å². The van der Waals surface area contributed by atoms with E-state index in [0.717, 1.165) is 5.56 Å². The quantitative estimate of drug-likeness (QED) is 0.282. The molecule has 0 unspecified atom stereocenters. The molecule has 0 aromatic heterocycles. The third-order valence-electron chi connectivity index (χ3n) is 4.64. The van der Waals surface area contributed by atoms with Crippen LogP contribution in [-0.4, -0.2) is 66.8 Å². The minimum Gasteiger partial charge on any atom is -0.469 e. The molecule has 1 aromatic carbocycles. The summed E-state index contributed by atoms with van der Waals surface area (Å²) in [6.45, 7) is 4.78. The number of methoxy groups -OCH3 is 2. The molecule has 0 bridgehead atoms. The number of carbonyl (C=O) groups is 2. The zero-order valence-electron chi connectivity index (χ0n) is 18.3. The normalized spacial score (nSPS) is 15.9. The molecule has 0 aliphatic carbocycles. The summed E-state index contributed by atoms with van der Waals surface area (Å²) in [5, 5.41) is 23.8. The summed E-state index contributed by atoms with van der Waals surface area (Å²) >= 11 is 0. The predicted molar refractivity (Wildman–Crippen MR) is 112 cm³/mol. The molecule has 1 rings (SSSR count). The average molecular weight is 424 g/mol. The van der Waals surface area contributed by atoms with Gasteiger partial charge in [0, 0.05) is 13.5 Å². The topological polar surface area (TPSA) is 115 Å². The van der Waals surface area contributed by atoms with E-state index in [0.29, 0.717) is 6.42 Å². The Kier molecular flexibility index (Phi) is 11.2. The fourth-order valence-corrected chi connectivity index (χ4v) is 3.07. The molecule has 0 aliphatic heterocycles. The number of ketones is 1. The average Bonchev–Trinajstić information content (AvgIpc) is 2.71. The smallest absolute Gasteiger partial charge is 0.309 e. The van der Waals surface area contributed by atoms with Gasteiger partial charge in [-0.3, -0.25) is 9.59 Å². The highest BCUT2D eigenvalue weighted by atomic mass is 16.6. The maximum absolute atomic E-state index is 12.4. The van der Waals surface area contributed by atoms with Crippen LogP contribution in [0.15, 0.2) is 35.5 Å². The van der Waals surface area contributed by atoms with Crippen molar-refractivity contribution in [3.8, 4) is 0 Å². The maximum Gasteiger partial charge on any atom is 0.309 e. The number of Topliss-reactive ketones (excluding diaryl/α,β-unsaturated/α-hetero) is 1. The lowest BCUT2D eigenvalue weighted by atomic mass is 9.94. The summed E-state index contributed by atoms with van der Waals surface area (Å²) in [4.78, 5) is 29.6. The van der Waals surface area contributed by atoms with E-state index in [-0.39, 0.29) is 30.4 Å². The Balaban J connectivity index is 2.81. The molecule has 1 aromatic rings. The van der Waals surface area contributed by atoms with Crippen molar-refractivity contribution in [3.05, 3.63) is 35.9 Å². The van der Waals surface area contributed by atoms with Gasteiger partial charge >= 0.3 is 5.97 Å². The van der Waals surface area contributed by atoms with Crippen LogP contribution < -0.4 is 0 Å². The van der Waals surface area contributed by atoms with Crippen molar-refractivity contribution in [3.63, 3.8) is 0 Å². The third kappa shape index (κ3) is 8.22. The molecule has 0 amide bonds. The number of rotatable bonds is 13. The molecular weight excluding hydrogens is 390 g/mol. The summed E-state index contributed by atoms with van der Waals surface area (Å²) in [5.41, 5.74) is 1.02. The molecule has 2 N–H and O–H groups in total. The fraction of sp³-hybridized carbons (Fsp3) is 0.591. The maximum atomic E-state index is 12.4. The van der Waals surface area contributed by atoms with Crippen molar-refractivity contribution >= 4 is 17.5 Å². The molecule has 0 radical (unpaired) electrons. The second-order valence-electron chi connectivity index (χ2n) is 7.53. The van der Waals surface area contributed by atoms with Gasteiger partial charge in [-0.2, -0.15) is 0 Å². The highest BCUT2D eigenvalue weighted by Gasteiger charge is 2.30. The Morgan fingerprint density at radius 2 is 1.70 bits per heavy atom. The standard InChI is InChI=1S/C22H33NO7/c1-14(2)21(28-4)19(20(26)15(3)24)23-30-13-18(25)12-17(22(27)29-5)11-16-9-7-6-8-10-16/h6-10,14-15,17,20-21,24,26H,11-13H2,1-5H3/b23-19+/t15-,17-,20+,21+/m1/s1. The number of carbonyl (C=O) groups excluding carboxylic acids is 2. The number of aliphatic hydroxyl groups is 2.